The van der Waals surface area contributed by atoms with E-state index in [-0.39, 0.29) is 11.6 Å². The van der Waals surface area contributed by atoms with E-state index in [0.29, 0.717) is 0 Å². The lowest BCUT2D eigenvalue weighted by atomic mass is 9.84. The van der Waals surface area contributed by atoms with Gasteiger partial charge in [-0.05, 0) is 40.2 Å². The maximum atomic E-state index is 12.1. The normalized spacial score (nSPS) is 29.5. The van der Waals surface area contributed by atoms with E-state index in [0.717, 1.165) is 39.0 Å². The van der Waals surface area contributed by atoms with Crippen LogP contribution in [0.15, 0.2) is 0 Å². The van der Waals surface area contributed by atoms with E-state index in [9.17, 15) is 4.79 Å². The van der Waals surface area contributed by atoms with Crippen LogP contribution >= 0.6 is 0 Å². The quantitative estimate of drug-likeness (QED) is 0.703. The molecule has 2 aliphatic heterocycles. The maximum Gasteiger partial charge on any atom is 0.410 e. The Morgan fingerprint density at radius 1 is 1.29 bits per heavy atom. The van der Waals surface area contributed by atoms with Crippen LogP contribution in [-0.2, 0) is 4.74 Å². The molecule has 2 rings (SSSR count). The van der Waals surface area contributed by atoms with E-state index in [4.69, 9.17) is 4.74 Å². The molecule has 4 nitrogen and oxygen atoms in total. The van der Waals surface area contributed by atoms with Crippen molar-refractivity contribution >= 4 is 6.09 Å². The first-order chi connectivity index (χ1) is 7.86. The highest BCUT2D eigenvalue weighted by atomic mass is 16.6. The first-order valence-electron chi connectivity index (χ1n) is 6.59. The summed E-state index contributed by atoms with van der Waals surface area (Å²) in [5.41, 5.74) is -0.310. The molecular weight excluding hydrogens is 216 g/mol. The smallest absolute Gasteiger partial charge is 0.410 e. The fourth-order valence-electron chi connectivity index (χ4n) is 2.78. The summed E-state index contributed by atoms with van der Waals surface area (Å²) in [6.07, 6.45) is 2.09. The van der Waals surface area contributed by atoms with Crippen LogP contribution in [0, 0.1) is 0 Å². The van der Waals surface area contributed by atoms with E-state index >= 15 is 0 Å². The zero-order chi connectivity index (χ0) is 12.7. The van der Waals surface area contributed by atoms with E-state index in [2.05, 4.69) is 11.8 Å². The molecule has 17 heavy (non-hydrogen) atoms. The van der Waals surface area contributed by atoms with Gasteiger partial charge in [-0.2, -0.15) is 0 Å². The molecule has 98 valence electrons. The third-order valence-electron chi connectivity index (χ3n) is 3.85. The number of likely N-dealkylation sites (N-methyl/N-ethyl adjacent to an activating group) is 1. The number of rotatable bonds is 1. The Bertz CT molecular complexity index is 311. The minimum Gasteiger partial charge on any atom is -0.444 e. The van der Waals surface area contributed by atoms with Gasteiger partial charge in [0.2, 0.25) is 0 Å². The van der Waals surface area contributed by atoms with E-state index in [1.54, 1.807) is 0 Å². The molecule has 0 N–H and O–H groups in total. The van der Waals surface area contributed by atoms with Crippen LogP contribution in [-0.4, -0.2) is 53.2 Å². The number of likely N-dealkylation sites (tertiary alicyclic amines) is 2. The molecule has 1 spiro atoms. The number of carbonyl (C=O) groups excluding carboxylic acids is 1. The molecule has 2 aliphatic rings. The summed E-state index contributed by atoms with van der Waals surface area (Å²) in [5, 5.41) is 0. The molecule has 0 aromatic heterocycles. The summed E-state index contributed by atoms with van der Waals surface area (Å²) in [7, 11) is 0. The SMILES string of the molecule is CCN1CCC2(CCN2C(=O)OC(C)(C)C)C1. The average Bonchev–Trinajstić information content (AvgIpc) is 2.58. The van der Waals surface area contributed by atoms with Gasteiger partial charge < -0.3 is 14.5 Å². The minimum absolute atomic E-state index is 0.0817. The third kappa shape index (κ3) is 2.41. The van der Waals surface area contributed by atoms with Crippen molar-refractivity contribution in [2.75, 3.05) is 26.2 Å². The molecule has 2 fully saturated rings. The minimum atomic E-state index is -0.392. The van der Waals surface area contributed by atoms with Gasteiger partial charge in [0, 0.05) is 19.6 Å². The van der Waals surface area contributed by atoms with Gasteiger partial charge in [-0.15, -0.1) is 0 Å². The summed E-state index contributed by atoms with van der Waals surface area (Å²) in [6.45, 7) is 12.0. The standard InChI is InChI=1S/C13H24N2O2/c1-5-14-8-6-13(10-14)7-9-15(13)11(16)17-12(2,3)4/h5-10H2,1-4H3. The fourth-order valence-corrected chi connectivity index (χ4v) is 2.78. The molecule has 1 unspecified atom stereocenters. The van der Waals surface area contributed by atoms with Crippen molar-refractivity contribution in [2.45, 2.75) is 51.7 Å². The molecule has 1 amide bonds. The molecule has 0 saturated carbocycles. The van der Waals surface area contributed by atoms with Crippen LogP contribution in [0.2, 0.25) is 0 Å². The second-order valence-electron chi connectivity index (χ2n) is 6.23. The van der Waals surface area contributed by atoms with Crippen molar-refractivity contribution in [3.05, 3.63) is 0 Å². The van der Waals surface area contributed by atoms with Crippen molar-refractivity contribution in [1.29, 1.82) is 0 Å². The molecule has 1 atom stereocenters. The number of hydrogen-bond acceptors (Lipinski definition) is 3. The molecule has 0 aromatic rings. The molecule has 0 aliphatic carbocycles. The lowest BCUT2D eigenvalue weighted by Gasteiger charge is -2.50. The topological polar surface area (TPSA) is 32.8 Å². The van der Waals surface area contributed by atoms with E-state index < -0.39 is 5.60 Å². The van der Waals surface area contributed by atoms with Crippen molar-refractivity contribution in [3.8, 4) is 0 Å². The van der Waals surface area contributed by atoms with Crippen LogP contribution in [0.3, 0.4) is 0 Å². The average molecular weight is 240 g/mol. The predicted octanol–water partition coefficient (Wildman–Crippen LogP) is 2.09. The molecule has 4 heteroatoms. The zero-order valence-corrected chi connectivity index (χ0v) is 11.5. The van der Waals surface area contributed by atoms with Crippen LogP contribution in [0.25, 0.3) is 0 Å². The monoisotopic (exact) mass is 240 g/mol. The molecule has 0 radical (unpaired) electrons. The van der Waals surface area contributed by atoms with Gasteiger partial charge in [0.15, 0.2) is 0 Å². The van der Waals surface area contributed by atoms with E-state index in [1.165, 1.54) is 0 Å². The highest BCUT2D eigenvalue weighted by Crippen LogP contribution is 2.39. The molecule has 0 bridgehead atoms. The number of amides is 1. The second kappa shape index (κ2) is 4.16. The van der Waals surface area contributed by atoms with Gasteiger partial charge in [0.05, 0.1) is 5.54 Å². The zero-order valence-electron chi connectivity index (χ0n) is 11.5. The van der Waals surface area contributed by atoms with Crippen LogP contribution < -0.4 is 0 Å². The van der Waals surface area contributed by atoms with Crippen LogP contribution in [0.1, 0.15) is 40.5 Å². The molecule has 2 heterocycles. The number of hydrogen-bond donors (Lipinski definition) is 0. The molecule has 0 aromatic carbocycles. The van der Waals surface area contributed by atoms with Gasteiger partial charge in [-0.3, -0.25) is 0 Å². The van der Waals surface area contributed by atoms with Crippen molar-refractivity contribution in [2.24, 2.45) is 0 Å². The van der Waals surface area contributed by atoms with Gasteiger partial charge in [-0.25, -0.2) is 4.79 Å². The third-order valence-corrected chi connectivity index (χ3v) is 3.85. The van der Waals surface area contributed by atoms with Crippen molar-refractivity contribution < 1.29 is 9.53 Å². The number of carbonyl (C=O) groups is 1. The van der Waals surface area contributed by atoms with Crippen molar-refractivity contribution in [3.63, 3.8) is 0 Å². The largest absolute Gasteiger partial charge is 0.444 e. The Labute approximate surface area is 104 Å². The second-order valence-corrected chi connectivity index (χ2v) is 6.23. The summed E-state index contributed by atoms with van der Waals surface area (Å²) in [5.74, 6) is 0. The van der Waals surface area contributed by atoms with Gasteiger partial charge >= 0.3 is 6.09 Å². The lowest BCUT2D eigenvalue weighted by Crippen LogP contribution is -2.64. The first-order valence-corrected chi connectivity index (χ1v) is 6.59. The summed E-state index contributed by atoms with van der Waals surface area (Å²) >= 11 is 0. The lowest BCUT2D eigenvalue weighted by molar-refractivity contribution is -0.0403. The Morgan fingerprint density at radius 3 is 2.35 bits per heavy atom. The van der Waals surface area contributed by atoms with E-state index in [1.807, 2.05) is 25.7 Å². The predicted molar refractivity (Wildman–Crippen MR) is 67.0 cm³/mol. The Hall–Kier alpha value is -0.770. The molecule has 2 saturated heterocycles. The van der Waals surface area contributed by atoms with Gasteiger partial charge in [0.25, 0.3) is 0 Å². The Kier molecular flexibility index (Phi) is 3.10. The van der Waals surface area contributed by atoms with Crippen LogP contribution in [0.4, 0.5) is 4.79 Å². The number of nitrogens with zero attached hydrogens (tertiary/aromatic N) is 2. The Morgan fingerprint density at radius 2 is 1.94 bits per heavy atom. The number of ether oxygens (including phenoxy) is 1. The van der Waals surface area contributed by atoms with Crippen LogP contribution in [0.5, 0.6) is 0 Å². The summed E-state index contributed by atoms with van der Waals surface area (Å²) in [6, 6.07) is 0. The maximum absolute atomic E-state index is 12.1. The highest BCUT2D eigenvalue weighted by Gasteiger charge is 2.52. The fraction of sp³-hybridized carbons (Fsp3) is 0.923. The van der Waals surface area contributed by atoms with Gasteiger partial charge in [0.1, 0.15) is 5.60 Å². The summed E-state index contributed by atoms with van der Waals surface area (Å²) < 4.78 is 5.47. The van der Waals surface area contributed by atoms with Crippen molar-refractivity contribution in [1.82, 2.24) is 9.80 Å². The van der Waals surface area contributed by atoms with Gasteiger partial charge in [-0.1, -0.05) is 6.92 Å². The molecular formula is C13H24N2O2. The first kappa shape index (κ1) is 12.7. The summed E-state index contributed by atoms with van der Waals surface area (Å²) in [4.78, 5) is 16.4. The highest BCUT2D eigenvalue weighted by molar-refractivity contribution is 5.70. The Balaban J connectivity index is 1.97.